The zero-order valence-electron chi connectivity index (χ0n) is 17.8. The van der Waals surface area contributed by atoms with Gasteiger partial charge in [0, 0.05) is 37.4 Å². The van der Waals surface area contributed by atoms with Crippen molar-refractivity contribution in [1.82, 2.24) is 4.90 Å². The van der Waals surface area contributed by atoms with Crippen LogP contribution in [0.2, 0.25) is 0 Å². The van der Waals surface area contributed by atoms with Crippen LogP contribution >= 0.6 is 0 Å². The lowest BCUT2D eigenvalue weighted by Crippen LogP contribution is -2.54. The largest absolute Gasteiger partial charge is 0.493 e. The van der Waals surface area contributed by atoms with Crippen molar-refractivity contribution in [3.05, 3.63) is 54.1 Å². The van der Waals surface area contributed by atoms with Crippen LogP contribution in [0, 0.1) is 11.3 Å². The number of hydrogen-bond acceptors (Lipinski definition) is 5. The van der Waals surface area contributed by atoms with Gasteiger partial charge in [0.05, 0.1) is 25.8 Å². The molecule has 1 saturated heterocycles. The van der Waals surface area contributed by atoms with Gasteiger partial charge in [0.1, 0.15) is 0 Å². The molecule has 1 aliphatic heterocycles. The van der Waals surface area contributed by atoms with Crippen LogP contribution in [-0.4, -0.2) is 50.3 Å². The molecule has 1 heterocycles. The predicted octanol–water partition coefficient (Wildman–Crippen LogP) is 4.27. The van der Waals surface area contributed by atoms with Crippen LogP contribution in [0.3, 0.4) is 0 Å². The van der Waals surface area contributed by atoms with Crippen molar-refractivity contribution >= 4 is 5.69 Å². The van der Waals surface area contributed by atoms with Crippen LogP contribution in [0.25, 0.3) is 0 Å². The highest BCUT2D eigenvalue weighted by Gasteiger charge is 2.28. The van der Waals surface area contributed by atoms with E-state index in [1.807, 2.05) is 12.1 Å². The number of ether oxygens (including phenoxy) is 2. The van der Waals surface area contributed by atoms with Gasteiger partial charge in [-0.05, 0) is 49.8 Å². The Kier molecular flexibility index (Phi) is 6.76. The van der Waals surface area contributed by atoms with Gasteiger partial charge in [0.2, 0.25) is 0 Å². The third kappa shape index (κ3) is 4.88. The number of benzene rings is 2. The third-order valence-electron chi connectivity index (χ3n) is 6.30. The number of nitriles is 1. The van der Waals surface area contributed by atoms with Crippen LogP contribution in [0.15, 0.2) is 48.5 Å². The second kappa shape index (κ2) is 9.86. The molecule has 2 aliphatic rings. The lowest BCUT2D eigenvalue weighted by molar-refractivity contribution is 0.195. The Morgan fingerprint density at radius 2 is 1.83 bits per heavy atom. The smallest absolute Gasteiger partial charge is 0.163 e. The lowest BCUT2D eigenvalue weighted by atomic mass is 10.0. The predicted molar refractivity (Wildman–Crippen MR) is 119 cm³/mol. The topological polar surface area (TPSA) is 48.7 Å². The van der Waals surface area contributed by atoms with Crippen molar-refractivity contribution < 1.29 is 9.47 Å². The van der Waals surface area contributed by atoms with Gasteiger partial charge in [-0.2, -0.15) is 5.26 Å². The molecule has 0 radical (unpaired) electrons. The first-order chi connectivity index (χ1) is 14.8. The highest BCUT2D eigenvalue weighted by molar-refractivity contribution is 5.57. The Hall–Kier alpha value is -2.71. The Morgan fingerprint density at radius 3 is 2.57 bits per heavy atom. The van der Waals surface area contributed by atoms with Gasteiger partial charge in [-0.25, -0.2) is 0 Å². The molecule has 5 nitrogen and oxygen atoms in total. The Balaban J connectivity index is 1.52. The Morgan fingerprint density at radius 1 is 1.03 bits per heavy atom. The van der Waals surface area contributed by atoms with Crippen LogP contribution in [0.1, 0.15) is 31.2 Å². The molecule has 0 spiro atoms. The molecule has 2 fully saturated rings. The number of methoxy groups -OCH3 is 1. The molecule has 1 atom stereocenters. The molecule has 1 unspecified atom stereocenters. The molecular formula is C25H31N3O2. The van der Waals surface area contributed by atoms with E-state index in [2.05, 4.69) is 52.3 Å². The van der Waals surface area contributed by atoms with Crippen molar-refractivity contribution in [3.8, 4) is 17.6 Å². The fourth-order valence-electron chi connectivity index (χ4n) is 4.65. The molecular weight excluding hydrogens is 374 g/mol. The molecule has 0 bridgehead atoms. The quantitative estimate of drug-likeness (QED) is 0.644. The zero-order valence-corrected chi connectivity index (χ0v) is 17.8. The van der Waals surface area contributed by atoms with Crippen LogP contribution in [0.5, 0.6) is 11.5 Å². The summed E-state index contributed by atoms with van der Waals surface area (Å²) in [4.78, 5) is 4.73. The third-order valence-corrected chi connectivity index (χ3v) is 6.30. The van der Waals surface area contributed by atoms with Crippen molar-refractivity contribution in [1.29, 1.82) is 5.26 Å². The molecule has 0 amide bonds. The summed E-state index contributed by atoms with van der Waals surface area (Å²) in [6.45, 7) is 3.16. The SMILES string of the molecule is COc1ccc(N2CCN(CC#N)C(Cc3ccccc3)C2)cc1OC1CCCC1. The number of piperazine rings is 1. The van der Waals surface area contributed by atoms with Crippen molar-refractivity contribution in [2.45, 2.75) is 44.2 Å². The summed E-state index contributed by atoms with van der Waals surface area (Å²) in [6.07, 6.45) is 5.98. The van der Waals surface area contributed by atoms with E-state index in [4.69, 9.17) is 9.47 Å². The van der Waals surface area contributed by atoms with Gasteiger partial charge < -0.3 is 14.4 Å². The summed E-state index contributed by atoms with van der Waals surface area (Å²) < 4.78 is 11.9. The highest BCUT2D eigenvalue weighted by atomic mass is 16.5. The van der Waals surface area contributed by atoms with E-state index in [-0.39, 0.29) is 0 Å². The van der Waals surface area contributed by atoms with E-state index in [9.17, 15) is 5.26 Å². The maximum atomic E-state index is 9.28. The number of nitrogens with zero attached hydrogens (tertiary/aromatic N) is 3. The Labute approximate surface area is 179 Å². The first-order valence-corrected chi connectivity index (χ1v) is 11.0. The minimum atomic E-state index is 0.299. The molecule has 158 valence electrons. The molecule has 4 rings (SSSR count). The van der Waals surface area contributed by atoms with Crippen LogP contribution in [0.4, 0.5) is 5.69 Å². The van der Waals surface area contributed by atoms with E-state index in [1.54, 1.807) is 7.11 Å². The fourth-order valence-corrected chi connectivity index (χ4v) is 4.65. The van der Waals surface area contributed by atoms with Crippen LogP contribution in [-0.2, 0) is 6.42 Å². The normalized spacial score (nSPS) is 20.1. The highest BCUT2D eigenvalue weighted by Crippen LogP contribution is 2.35. The van der Waals surface area contributed by atoms with E-state index < -0.39 is 0 Å². The lowest BCUT2D eigenvalue weighted by Gasteiger charge is -2.41. The number of rotatable bonds is 7. The van der Waals surface area contributed by atoms with Gasteiger partial charge >= 0.3 is 0 Å². The summed E-state index contributed by atoms with van der Waals surface area (Å²) >= 11 is 0. The first kappa shape index (κ1) is 20.6. The number of hydrogen-bond donors (Lipinski definition) is 0. The first-order valence-electron chi connectivity index (χ1n) is 11.0. The average molecular weight is 406 g/mol. The summed E-state index contributed by atoms with van der Waals surface area (Å²) in [5, 5.41) is 9.28. The molecule has 30 heavy (non-hydrogen) atoms. The van der Waals surface area contributed by atoms with E-state index >= 15 is 0 Å². The standard InChI is InChI=1S/C25H31N3O2/c1-29-24-12-11-21(18-25(24)30-23-9-5-6-10-23)28-16-15-27(14-13-26)22(19-28)17-20-7-3-2-4-8-20/h2-4,7-8,11-12,18,22-23H,5-6,9-10,14-17,19H2,1H3. The van der Waals surface area contributed by atoms with Gasteiger partial charge in [0.15, 0.2) is 11.5 Å². The Bertz CT molecular complexity index is 858. The summed E-state index contributed by atoms with van der Waals surface area (Å²) in [6, 6.07) is 19.5. The van der Waals surface area contributed by atoms with E-state index in [1.165, 1.54) is 24.1 Å². The van der Waals surface area contributed by atoms with Crippen molar-refractivity contribution in [2.75, 3.05) is 38.2 Å². The zero-order chi connectivity index (χ0) is 20.8. The average Bonchev–Trinajstić information content (AvgIpc) is 3.29. The molecule has 1 saturated carbocycles. The van der Waals surface area contributed by atoms with Gasteiger partial charge in [-0.1, -0.05) is 30.3 Å². The summed E-state index contributed by atoms with van der Waals surface area (Å²) in [5.41, 5.74) is 2.48. The second-order valence-electron chi connectivity index (χ2n) is 8.28. The van der Waals surface area contributed by atoms with Gasteiger partial charge in [-0.15, -0.1) is 0 Å². The van der Waals surface area contributed by atoms with E-state index in [0.717, 1.165) is 50.4 Å². The maximum absolute atomic E-state index is 9.28. The molecule has 2 aromatic carbocycles. The van der Waals surface area contributed by atoms with Gasteiger partial charge in [0.25, 0.3) is 0 Å². The molecule has 1 aliphatic carbocycles. The van der Waals surface area contributed by atoms with Crippen LogP contribution < -0.4 is 14.4 Å². The van der Waals surface area contributed by atoms with Crippen molar-refractivity contribution in [2.24, 2.45) is 0 Å². The molecule has 0 N–H and O–H groups in total. The maximum Gasteiger partial charge on any atom is 0.163 e. The second-order valence-corrected chi connectivity index (χ2v) is 8.28. The summed E-state index contributed by atoms with van der Waals surface area (Å²) in [5.74, 6) is 1.65. The molecule has 0 aromatic heterocycles. The van der Waals surface area contributed by atoms with E-state index in [0.29, 0.717) is 18.7 Å². The molecule has 5 heteroatoms. The van der Waals surface area contributed by atoms with Gasteiger partial charge in [-0.3, -0.25) is 4.90 Å². The number of anilines is 1. The monoisotopic (exact) mass is 405 g/mol. The minimum Gasteiger partial charge on any atom is -0.493 e. The summed E-state index contributed by atoms with van der Waals surface area (Å²) in [7, 11) is 1.70. The fraction of sp³-hybridized carbons (Fsp3) is 0.480. The molecule has 2 aromatic rings. The minimum absolute atomic E-state index is 0.299. The van der Waals surface area contributed by atoms with Crippen molar-refractivity contribution in [3.63, 3.8) is 0 Å².